The minimum Gasteiger partial charge on any atom is -0.481 e. The van der Waals surface area contributed by atoms with Crippen molar-refractivity contribution in [3.8, 4) is 0 Å². The lowest BCUT2D eigenvalue weighted by Gasteiger charge is -2.26. The molecule has 0 radical (unpaired) electrons. The first-order valence-electron chi connectivity index (χ1n) is 7.49. The fourth-order valence-electron chi connectivity index (χ4n) is 3.12. The van der Waals surface area contributed by atoms with Crippen LogP contribution in [0, 0.1) is 11.3 Å². The van der Waals surface area contributed by atoms with Crippen LogP contribution in [-0.2, 0) is 9.59 Å². The Morgan fingerprint density at radius 2 is 1.80 bits per heavy atom. The number of aliphatic hydroxyl groups excluding tert-OH is 1. The minimum atomic E-state index is -0.834. The fourth-order valence-corrected chi connectivity index (χ4v) is 3.12. The van der Waals surface area contributed by atoms with Crippen molar-refractivity contribution in [1.82, 2.24) is 5.32 Å². The molecule has 116 valence electrons. The third-order valence-corrected chi connectivity index (χ3v) is 4.00. The highest BCUT2D eigenvalue weighted by Crippen LogP contribution is 2.43. The number of nitrogens with one attached hydrogen (secondary N) is 1. The van der Waals surface area contributed by atoms with E-state index in [0.717, 1.165) is 25.7 Å². The topological polar surface area (TPSA) is 86.6 Å². The average molecular weight is 285 g/mol. The van der Waals surface area contributed by atoms with Crippen LogP contribution in [0.1, 0.15) is 58.8 Å². The lowest BCUT2D eigenvalue weighted by Crippen LogP contribution is -2.36. The summed E-state index contributed by atoms with van der Waals surface area (Å²) in [5.41, 5.74) is -0.376. The van der Waals surface area contributed by atoms with Gasteiger partial charge in [0.15, 0.2) is 0 Å². The third-order valence-electron chi connectivity index (χ3n) is 4.00. The Hall–Kier alpha value is -1.10. The second-order valence-corrected chi connectivity index (χ2v) is 6.54. The first-order valence-corrected chi connectivity index (χ1v) is 7.49. The summed E-state index contributed by atoms with van der Waals surface area (Å²) in [6, 6.07) is 0. The highest BCUT2D eigenvalue weighted by atomic mass is 16.4. The van der Waals surface area contributed by atoms with Crippen molar-refractivity contribution in [3.05, 3.63) is 0 Å². The van der Waals surface area contributed by atoms with E-state index >= 15 is 0 Å². The summed E-state index contributed by atoms with van der Waals surface area (Å²) in [5.74, 6) is -0.592. The monoisotopic (exact) mass is 285 g/mol. The van der Waals surface area contributed by atoms with Crippen molar-refractivity contribution < 1.29 is 19.8 Å². The second kappa shape index (κ2) is 7.62. The number of rotatable bonds is 8. The van der Waals surface area contributed by atoms with Crippen molar-refractivity contribution in [3.63, 3.8) is 0 Å². The Kier molecular flexibility index (Phi) is 6.46. The number of hydrogen-bond donors (Lipinski definition) is 3. The van der Waals surface area contributed by atoms with Gasteiger partial charge in [0.1, 0.15) is 0 Å². The molecule has 3 N–H and O–H groups in total. The Morgan fingerprint density at radius 1 is 1.20 bits per heavy atom. The molecule has 0 aromatic carbocycles. The maximum Gasteiger partial charge on any atom is 0.303 e. The number of carboxylic acid groups (broad SMARTS) is 1. The van der Waals surface area contributed by atoms with Crippen molar-refractivity contribution in [2.24, 2.45) is 11.3 Å². The maximum absolute atomic E-state index is 12.0. The van der Waals surface area contributed by atoms with Gasteiger partial charge in [-0.05, 0) is 30.6 Å². The largest absolute Gasteiger partial charge is 0.481 e. The average Bonchev–Trinajstić information content (AvgIpc) is 2.72. The number of carbonyl (C=O) groups excluding carboxylic acids is 1. The van der Waals surface area contributed by atoms with Gasteiger partial charge in [0.05, 0.1) is 12.5 Å². The van der Waals surface area contributed by atoms with Crippen LogP contribution < -0.4 is 5.32 Å². The molecule has 0 heterocycles. The van der Waals surface area contributed by atoms with E-state index in [1.165, 1.54) is 0 Å². The summed E-state index contributed by atoms with van der Waals surface area (Å²) in [6.07, 6.45) is 4.05. The first-order chi connectivity index (χ1) is 9.33. The van der Waals surface area contributed by atoms with Crippen LogP contribution in [0.2, 0.25) is 0 Å². The van der Waals surface area contributed by atoms with Crippen molar-refractivity contribution in [2.45, 2.75) is 64.9 Å². The molecule has 1 aliphatic carbocycles. The van der Waals surface area contributed by atoms with E-state index in [0.29, 0.717) is 12.3 Å². The van der Waals surface area contributed by atoms with Crippen LogP contribution in [0.5, 0.6) is 0 Å². The van der Waals surface area contributed by atoms with Crippen LogP contribution in [0.4, 0.5) is 0 Å². The van der Waals surface area contributed by atoms with Crippen molar-refractivity contribution in [2.75, 3.05) is 6.54 Å². The van der Waals surface area contributed by atoms with Crippen LogP contribution in [0.3, 0.4) is 0 Å². The van der Waals surface area contributed by atoms with E-state index in [1.807, 2.05) is 13.8 Å². The molecular weight excluding hydrogens is 258 g/mol. The van der Waals surface area contributed by atoms with Gasteiger partial charge in [-0.25, -0.2) is 0 Å². The molecule has 1 saturated carbocycles. The summed E-state index contributed by atoms with van der Waals surface area (Å²) in [7, 11) is 0. The summed E-state index contributed by atoms with van der Waals surface area (Å²) in [5, 5.41) is 21.5. The number of carboxylic acids is 1. The zero-order chi connectivity index (χ0) is 15.2. The van der Waals surface area contributed by atoms with E-state index < -0.39 is 12.1 Å². The predicted molar refractivity (Wildman–Crippen MR) is 76.2 cm³/mol. The van der Waals surface area contributed by atoms with Crippen molar-refractivity contribution in [1.29, 1.82) is 0 Å². The van der Waals surface area contributed by atoms with Gasteiger partial charge < -0.3 is 15.5 Å². The smallest absolute Gasteiger partial charge is 0.303 e. The van der Waals surface area contributed by atoms with Crippen molar-refractivity contribution >= 4 is 11.9 Å². The van der Waals surface area contributed by atoms with Gasteiger partial charge >= 0.3 is 5.97 Å². The molecule has 1 rings (SSSR count). The standard InChI is InChI=1S/C15H27NO4/c1-11(2)7-12(17)10-16-13(18)8-15(9-14(19)20)5-3-4-6-15/h11-12,17H,3-10H2,1-2H3,(H,16,18)(H,19,20). The number of aliphatic carboxylic acids is 1. The van der Waals surface area contributed by atoms with E-state index in [-0.39, 0.29) is 30.7 Å². The van der Waals surface area contributed by atoms with E-state index in [4.69, 9.17) is 5.11 Å². The molecule has 0 aromatic rings. The number of hydrogen-bond acceptors (Lipinski definition) is 3. The van der Waals surface area contributed by atoms with Crippen LogP contribution in [-0.4, -0.2) is 34.7 Å². The lowest BCUT2D eigenvalue weighted by molar-refractivity contribution is -0.140. The Bertz CT molecular complexity index is 335. The Labute approximate surface area is 120 Å². The van der Waals surface area contributed by atoms with Crippen LogP contribution >= 0.6 is 0 Å². The summed E-state index contributed by atoms with van der Waals surface area (Å²) < 4.78 is 0. The summed E-state index contributed by atoms with van der Waals surface area (Å²) in [4.78, 5) is 22.9. The molecular formula is C15H27NO4. The molecule has 1 amide bonds. The van der Waals surface area contributed by atoms with Gasteiger partial charge in [-0.15, -0.1) is 0 Å². The van der Waals surface area contributed by atoms with Crippen LogP contribution in [0.15, 0.2) is 0 Å². The highest BCUT2D eigenvalue weighted by molar-refractivity contribution is 5.78. The zero-order valence-electron chi connectivity index (χ0n) is 12.5. The van der Waals surface area contributed by atoms with Gasteiger partial charge in [0.2, 0.25) is 5.91 Å². The fraction of sp³-hybridized carbons (Fsp3) is 0.867. The van der Waals surface area contributed by atoms with E-state index in [2.05, 4.69) is 5.32 Å². The molecule has 20 heavy (non-hydrogen) atoms. The molecule has 0 saturated heterocycles. The first kappa shape index (κ1) is 17.0. The lowest BCUT2D eigenvalue weighted by atomic mass is 9.79. The SMILES string of the molecule is CC(C)CC(O)CNC(=O)CC1(CC(=O)O)CCCC1. The predicted octanol–water partition coefficient (Wildman–Crippen LogP) is 1.93. The number of carbonyl (C=O) groups is 2. The zero-order valence-corrected chi connectivity index (χ0v) is 12.5. The minimum absolute atomic E-state index is 0.0645. The van der Waals surface area contributed by atoms with E-state index in [1.54, 1.807) is 0 Å². The maximum atomic E-state index is 12.0. The molecule has 1 fully saturated rings. The highest BCUT2D eigenvalue weighted by Gasteiger charge is 2.37. The molecule has 1 atom stereocenters. The van der Waals surface area contributed by atoms with Gasteiger partial charge in [-0.2, -0.15) is 0 Å². The Balaban J connectivity index is 2.41. The quantitative estimate of drug-likeness (QED) is 0.636. The van der Waals surface area contributed by atoms with Gasteiger partial charge in [-0.1, -0.05) is 26.7 Å². The number of aliphatic hydroxyl groups is 1. The molecule has 5 nitrogen and oxygen atoms in total. The van der Waals surface area contributed by atoms with Crippen LogP contribution in [0.25, 0.3) is 0 Å². The number of amides is 1. The second-order valence-electron chi connectivity index (χ2n) is 6.54. The molecule has 0 aromatic heterocycles. The molecule has 0 aliphatic heterocycles. The normalized spacial score (nSPS) is 19.0. The van der Waals surface area contributed by atoms with E-state index in [9.17, 15) is 14.7 Å². The molecule has 1 aliphatic rings. The van der Waals surface area contributed by atoms with Gasteiger partial charge in [-0.3, -0.25) is 9.59 Å². The van der Waals surface area contributed by atoms with Gasteiger partial charge in [0.25, 0.3) is 0 Å². The molecule has 5 heteroatoms. The molecule has 0 bridgehead atoms. The summed E-state index contributed by atoms with van der Waals surface area (Å²) in [6.45, 7) is 4.29. The molecule has 0 spiro atoms. The van der Waals surface area contributed by atoms with Gasteiger partial charge in [0, 0.05) is 13.0 Å². The Morgan fingerprint density at radius 3 is 2.30 bits per heavy atom. The summed E-state index contributed by atoms with van der Waals surface area (Å²) >= 11 is 0. The third kappa shape index (κ3) is 5.90. The molecule has 1 unspecified atom stereocenters.